The molecule has 15 N–H and O–H groups in total. The van der Waals surface area contributed by atoms with Crippen molar-refractivity contribution in [2.24, 2.45) is 23.3 Å². The number of anilines is 1. The van der Waals surface area contributed by atoms with Crippen LogP contribution in [0.15, 0.2) is 17.2 Å². The molecule has 1 aromatic heterocycles. The number of aromatic amines is 1. The van der Waals surface area contributed by atoms with Crippen LogP contribution in [0.4, 0.5) is 5.69 Å². The fraction of sp³-hybridized carbons (Fsp3) is 0.571. The number of nitrogens with two attached hydrogens (primary N) is 2. The Morgan fingerprint density at radius 1 is 0.972 bits per heavy atom. The molecule has 3 heterocycles. The van der Waals surface area contributed by atoms with Crippen LogP contribution in [-0.2, 0) is 58.9 Å². The molecule has 9 atom stereocenters. The van der Waals surface area contributed by atoms with Crippen molar-refractivity contribution in [2.75, 3.05) is 44.8 Å². The summed E-state index contributed by atoms with van der Waals surface area (Å²) in [6.45, 7) is 5.50. The molecule has 1 unspecified atom stereocenters. The van der Waals surface area contributed by atoms with Crippen LogP contribution in [0, 0.1) is 11.8 Å². The Morgan fingerprint density at radius 2 is 1.66 bits per heavy atom. The molecule has 0 radical (unpaired) electrons. The number of alkyl halides is 1. The Hall–Kier alpha value is -5.55. The first-order valence-corrected chi connectivity index (χ1v) is 26.5. The van der Waals surface area contributed by atoms with Gasteiger partial charge in [0, 0.05) is 30.5 Å². The van der Waals surface area contributed by atoms with Crippen LogP contribution in [0.25, 0.3) is 10.9 Å². The van der Waals surface area contributed by atoms with Crippen LogP contribution in [-0.4, -0.2) is 154 Å². The smallest absolute Gasteiger partial charge is 0.390 e. The van der Waals surface area contributed by atoms with Gasteiger partial charge in [0.2, 0.25) is 59.6 Å². The number of aliphatic hydroxyl groups is 1. The van der Waals surface area contributed by atoms with E-state index in [1.54, 1.807) is 13.8 Å². The van der Waals surface area contributed by atoms with Crippen molar-refractivity contribution in [1.82, 2.24) is 52.0 Å². The molecule has 71 heavy (non-hydrogen) atoms. The summed E-state index contributed by atoms with van der Waals surface area (Å²) in [4.78, 5) is 139. The first-order chi connectivity index (χ1) is 33.5. The van der Waals surface area contributed by atoms with E-state index in [-0.39, 0.29) is 45.3 Å². The molecule has 0 spiro atoms. The summed E-state index contributed by atoms with van der Waals surface area (Å²) in [6.07, 6.45) is -1.43. The van der Waals surface area contributed by atoms with Crippen molar-refractivity contribution >= 4 is 118 Å². The van der Waals surface area contributed by atoms with Crippen LogP contribution in [0.1, 0.15) is 58.9 Å². The number of aromatic nitrogens is 1. The average Bonchev–Trinajstić information content (AvgIpc) is 3.91. The maximum Gasteiger partial charge on any atom is 0.390 e. The van der Waals surface area contributed by atoms with Gasteiger partial charge in [0.25, 0.3) is 0 Å². The molecule has 392 valence electrons. The van der Waals surface area contributed by atoms with Crippen LogP contribution >= 0.6 is 42.0 Å². The van der Waals surface area contributed by atoms with E-state index in [2.05, 4.69) is 52.4 Å². The van der Waals surface area contributed by atoms with Gasteiger partial charge >= 0.3 is 7.67 Å². The monoisotopic (exact) mass is 1150 g/mol. The Morgan fingerprint density at radius 3 is 2.27 bits per heavy atom. The molecule has 2 aromatic rings. The molecule has 0 aliphatic carbocycles. The summed E-state index contributed by atoms with van der Waals surface area (Å²) in [6, 6.07) is -4.80. The third kappa shape index (κ3) is 15.2. The Bertz CT molecular complexity index is 2400. The highest BCUT2D eigenvalue weighted by atomic mass is 127. The van der Waals surface area contributed by atoms with E-state index in [9.17, 15) is 57.6 Å². The first kappa shape index (κ1) is 58.0. The number of benzene rings is 1. The fourth-order valence-corrected chi connectivity index (χ4v) is 10.3. The van der Waals surface area contributed by atoms with Crippen molar-refractivity contribution in [3.8, 4) is 5.75 Å². The maximum atomic E-state index is 14.5. The standard InChI is InChI=1S/C42H63IN13O13PS/c1-7-19(3)32(43)39(65)49-15-31(61)51-26-17-71-41-23(22-9-10-28(69-70(68,46-5)47-6)35(50-18-57)34(22)55-41)12-24(36(62)48-14-30(45)60)52-40(66)33(20(4)8-2)54-38(64)27-11-21(58)16-56(27)42(67)25(13-29(44)59)53-37(26)63/h9-10,18-21,24-27,32-33,55,58H,7-8,11-17H2,1-6H3,(H2,44,59)(H2,45,60)(H,48,62)(H,49,65)(H,50,57)(H,51,61)(H,52,66)(H,53,63)(H,54,64)(H2,46,47,68)/t19-,20?,21+,24-,25-,26-,27-,32-,33-/m0/s1. The molecule has 2 aliphatic heterocycles. The lowest BCUT2D eigenvalue weighted by Gasteiger charge is -2.31. The molecule has 1 aromatic carbocycles. The maximum absolute atomic E-state index is 14.5. The van der Waals surface area contributed by atoms with Gasteiger partial charge in [-0.2, -0.15) is 0 Å². The van der Waals surface area contributed by atoms with Crippen molar-refractivity contribution < 1.29 is 62.1 Å². The Labute approximate surface area is 427 Å². The average molecular weight is 1150 g/mol. The van der Waals surface area contributed by atoms with E-state index in [1.165, 1.54) is 26.2 Å². The second kappa shape index (κ2) is 26.2. The van der Waals surface area contributed by atoms with E-state index >= 15 is 0 Å². The van der Waals surface area contributed by atoms with Crippen LogP contribution in [0.3, 0.4) is 0 Å². The van der Waals surface area contributed by atoms with Crippen molar-refractivity contribution in [3.05, 3.63) is 17.7 Å². The molecular formula is C42H63IN13O13PS. The number of carbonyl (C=O) groups excluding carboxylic acids is 10. The van der Waals surface area contributed by atoms with E-state index in [0.29, 0.717) is 19.3 Å². The number of fused-ring (bicyclic) bond motifs is 4. The number of nitrogens with zero attached hydrogens (tertiary/aromatic N) is 1. The lowest BCUT2D eigenvalue weighted by Crippen LogP contribution is -2.60. The van der Waals surface area contributed by atoms with Gasteiger partial charge in [-0.25, -0.2) is 14.7 Å². The lowest BCUT2D eigenvalue weighted by molar-refractivity contribution is -0.143. The van der Waals surface area contributed by atoms with E-state index in [4.69, 9.17) is 16.0 Å². The van der Waals surface area contributed by atoms with Crippen molar-refractivity contribution in [2.45, 2.75) is 105 Å². The number of nitrogens with one attached hydrogen (secondary N) is 10. The molecule has 2 aliphatic rings. The fourth-order valence-electron chi connectivity index (χ4n) is 7.65. The molecule has 0 bridgehead atoms. The molecule has 1 saturated heterocycles. The van der Waals surface area contributed by atoms with Gasteiger partial charge in [0.05, 0.1) is 40.1 Å². The molecule has 0 saturated carbocycles. The van der Waals surface area contributed by atoms with E-state index in [0.717, 1.165) is 16.7 Å². The summed E-state index contributed by atoms with van der Waals surface area (Å²) in [5.74, 6) is -9.06. The third-order valence-electron chi connectivity index (χ3n) is 12.0. The highest BCUT2D eigenvalue weighted by Gasteiger charge is 2.44. The summed E-state index contributed by atoms with van der Waals surface area (Å²) in [5, 5.41) is 34.2. The topological polar surface area (TPSA) is 397 Å². The van der Waals surface area contributed by atoms with Gasteiger partial charge in [-0.05, 0) is 43.6 Å². The highest BCUT2D eigenvalue weighted by Crippen LogP contribution is 2.45. The van der Waals surface area contributed by atoms with E-state index in [1.807, 2.05) is 36.4 Å². The number of hydrogen-bond acceptors (Lipinski definition) is 14. The number of aliphatic hydroxyl groups excluding tert-OH is 1. The van der Waals surface area contributed by atoms with Gasteiger partial charge in [-0.1, -0.05) is 63.1 Å². The third-order valence-corrected chi connectivity index (χ3v) is 16.6. The zero-order valence-electron chi connectivity index (χ0n) is 40.0. The number of hydrogen-bond donors (Lipinski definition) is 13. The van der Waals surface area contributed by atoms with Gasteiger partial charge in [-0.15, -0.1) is 11.8 Å². The molecule has 10 amide bonds. The predicted octanol–water partition coefficient (Wildman–Crippen LogP) is -2.30. The van der Waals surface area contributed by atoms with E-state index < -0.39 is 145 Å². The van der Waals surface area contributed by atoms with Gasteiger partial charge < -0.3 is 68.2 Å². The number of amides is 10. The number of H-pyrrole nitrogens is 1. The summed E-state index contributed by atoms with van der Waals surface area (Å²) >= 11 is 2.84. The van der Waals surface area contributed by atoms with Crippen molar-refractivity contribution in [1.29, 1.82) is 0 Å². The number of thioether (sulfide) groups is 1. The van der Waals surface area contributed by atoms with Crippen LogP contribution < -0.4 is 63.4 Å². The molecular weight excluding hydrogens is 1080 g/mol. The second-order valence-corrected chi connectivity index (χ2v) is 21.6. The highest BCUT2D eigenvalue weighted by molar-refractivity contribution is 14.1. The zero-order chi connectivity index (χ0) is 52.9. The van der Waals surface area contributed by atoms with Gasteiger partial charge in [0.15, 0.2) is 5.75 Å². The first-order valence-electron chi connectivity index (χ1n) is 22.6. The minimum absolute atomic E-state index is 0.0419. The molecule has 26 nitrogen and oxygen atoms in total. The van der Waals surface area contributed by atoms with Gasteiger partial charge in [-0.3, -0.25) is 47.9 Å². The number of halogens is 1. The number of primary amides is 2. The molecule has 29 heteroatoms. The normalized spacial score (nSPS) is 22.7. The molecule has 1 fully saturated rings. The Balaban J connectivity index is 1.98. The number of carbonyl (C=O) groups is 10. The zero-order valence-corrected chi connectivity index (χ0v) is 43.8. The largest absolute Gasteiger partial charge is 0.420 e. The van der Waals surface area contributed by atoms with Crippen LogP contribution in [0.5, 0.6) is 5.75 Å². The summed E-state index contributed by atoms with van der Waals surface area (Å²) in [5.41, 5.74) is 11.3. The lowest BCUT2D eigenvalue weighted by atomic mass is 9.96. The Kier molecular flexibility index (Phi) is 21.4. The quantitative estimate of drug-likeness (QED) is 0.0305. The summed E-state index contributed by atoms with van der Waals surface area (Å²) < 4.78 is 18.7. The van der Waals surface area contributed by atoms with Crippen molar-refractivity contribution in [3.63, 3.8) is 0 Å². The minimum atomic E-state index is -3.77. The number of rotatable bonds is 19. The van der Waals surface area contributed by atoms with Gasteiger partial charge in [0.1, 0.15) is 35.9 Å². The second-order valence-electron chi connectivity index (χ2n) is 17.0. The van der Waals surface area contributed by atoms with Crippen LogP contribution in [0.2, 0.25) is 0 Å². The minimum Gasteiger partial charge on any atom is -0.420 e. The summed E-state index contributed by atoms with van der Waals surface area (Å²) in [7, 11) is -1.02. The predicted molar refractivity (Wildman–Crippen MR) is 268 cm³/mol. The SMILES string of the molecule is CCC(C)[C@@H]1NC(=O)[C@@H]2C[C@@H](O)CN2C(=O)[C@H](CC(N)=O)NC(=O)[C@@H](NC(=O)CNC(=O)[C@@H](I)[C@@H](C)CC)CSc2[nH]c3c(NC=O)c(OP(=O)(NC)NC)ccc3c2C[C@@H](C(=O)NCC(N)=O)NC1=O. The molecule has 4 rings (SSSR count).